The molecule has 1 aliphatic rings. The van der Waals surface area contributed by atoms with E-state index in [0.29, 0.717) is 19.9 Å². The quantitative estimate of drug-likeness (QED) is 0.437. The Bertz CT molecular complexity index is 982. The van der Waals surface area contributed by atoms with Gasteiger partial charge in [0.1, 0.15) is 10.9 Å². The van der Waals surface area contributed by atoms with E-state index in [-0.39, 0.29) is 17.5 Å². The second kappa shape index (κ2) is 8.75. The molecule has 9 heteroatoms. The summed E-state index contributed by atoms with van der Waals surface area (Å²) in [7, 11) is 0. The zero-order chi connectivity index (χ0) is 19.6. The number of benzene rings is 2. The van der Waals surface area contributed by atoms with E-state index in [2.05, 4.69) is 21.2 Å². The molecule has 0 aliphatic carbocycles. The third-order valence-electron chi connectivity index (χ3n) is 3.55. The third kappa shape index (κ3) is 4.92. The van der Waals surface area contributed by atoms with Crippen molar-refractivity contribution in [3.8, 4) is 0 Å². The number of halogens is 3. The molecule has 1 aliphatic heterocycles. The highest BCUT2D eigenvalue weighted by Gasteiger charge is 2.33. The van der Waals surface area contributed by atoms with Gasteiger partial charge in [0.15, 0.2) is 0 Å². The molecule has 1 N–H and O–H groups in total. The van der Waals surface area contributed by atoms with Crippen molar-refractivity contribution in [2.75, 3.05) is 11.9 Å². The summed E-state index contributed by atoms with van der Waals surface area (Å²) in [5, 5.41) is 3.22. The van der Waals surface area contributed by atoms with E-state index in [0.717, 1.165) is 21.8 Å². The summed E-state index contributed by atoms with van der Waals surface area (Å²) in [5.74, 6) is -0.725. The zero-order valence-corrected chi connectivity index (χ0v) is 18.3. The van der Waals surface area contributed by atoms with Gasteiger partial charge in [-0.1, -0.05) is 81.3 Å². The summed E-state index contributed by atoms with van der Waals surface area (Å²) < 4.78 is 1.23. The van der Waals surface area contributed by atoms with Crippen molar-refractivity contribution in [1.82, 2.24) is 4.90 Å². The molecule has 1 saturated heterocycles. The number of nitrogens with one attached hydrogen (secondary N) is 1. The van der Waals surface area contributed by atoms with E-state index in [1.54, 1.807) is 24.3 Å². The minimum Gasteiger partial charge on any atom is -0.323 e. The molecular formula is C18H11BrCl2N2O2S2. The predicted molar refractivity (Wildman–Crippen MR) is 119 cm³/mol. The predicted octanol–water partition coefficient (Wildman–Crippen LogP) is 5.60. The molecule has 3 rings (SSSR count). The standard InChI is InChI=1S/C18H11BrCl2N2O2S2/c19-11-4-1-3-10(7-11)8-14-17(25)23(18(26)27-14)9-15(24)22-13-6-2-5-12(20)16(13)21/h1-8H,9H2,(H,22,24)/b14-8+. The van der Waals surface area contributed by atoms with Gasteiger partial charge in [0.25, 0.3) is 5.91 Å². The molecule has 0 aromatic heterocycles. The highest BCUT2D eigenvalue weighted by Crippen LogP contribution is 2.33. The molecule has 1 heterocycles. The Kier molecular flexibility index (Phi) is 6.60. The van der Waals surface area contributed by atoms with Gasteiger partial charge in [-0.3, -0.25) is 14.5 Å². The Morgan fingerprint density at radius 1 is 1.26 bits per heavy atom. The summed E-state index contributed by atoms with van der Waals surface area (Å²) in [6.45, 7) is -0.205. The highest BCUT2D eigenvalue weighted by atomic mass is 79.9. The van der Waals surface area contributed by atoms with E-state index < -0.39 is 5.91 Å². The van der Waals surface area contributed by atoms with Crippen LogP contribution in [0.3, 0.4) is 0 Å². The number of amides is 2. The lowest BCUT2D eigenvalue weighted by Crippen LogP contribution is -2.36. The Morgan fingerprint density at radius 2 is 2.00 bits per heavy atom. The number of thioether (sulfide) groups is 1. The normalized spacial score (nSPS) is 15.5. The van der Waals surface area contributed by atoms with Crippen molar-refractivity contribution in [1.29, 1.82) is 0 Å². The van der Waals surface area contributed by atoms with Crippen molar-refractivity contribution in [3.05, 3.63) is 67.5 Å². The van der Waals surface area contributed by atoms with Crippen LogP contribution in [0.2, 0.25) is 10.0 Å². The average Bonchev–Trinajstić information content (AvgIpc) is 2.86. The summed E-state index contributed by atoms with van der Waals surface area (Å²) in [4.78, 5) is 26.7. The van der Waals surface area contributed by atoms with Crippen LogP contribution < -0.4 is 5.32 Å². The second-order valence-electron chi connectivity index (χ2n) is 5.47. The van der Waals surface area contributed by atoms with Crippen molar-refractivity contribution in [2.24, 2.45) is 0 Å². The summed E-state index contributed by atoms with van der Waals surface area (Å²) >= 11 is 21.8. The molecule has 1 fully saturated rings. The van der Waals surface area contributed by atoms with Crippen molar-refractivity contribution in [2.45, 2.75) is 0 Å². The number of rotatable bonds is 4. The van der Waals surface area contributed by atoms with E-state index in [9.17, 15) is 9.59 Å². The molecule has 0 spiro atoms. The van der Waals surface area contributed by atoms with Crippen LogP contribution in [0.25, 0.3) is 6.08 Å². The zero-order valence-electron chi connectivity index (χ0n) is 13.5. The number of carbonyl (C=O) groups excluding carboxylic acids is 2. The lowest BCUT2D eigenvalue weighted by atomic mass is 10.2. The molecule has 27 heavy (non-hydrogen) atoms. The SMILES string of the molecule is O=C(CN1C(=O)/C(=C\c2cccc(Br)c2)SC1=S)Nc1cccc(Cl)c1Cl. The lowest BCUT2D eigenvalue weighted by molar-refractivity contribution is -0.126. The van der Waals surface area contributed by atoms with Gasteiger partial charge in [-0.2, -0.15) is 0 Å². The fraction of sp³-hybridized carbons (Fsp3) is 0.0556. The smallest absolute Gasteiger partial charge is 0.266 e. The summed E-state index contributed by atoms with van der Waals surface area (Å²) in [6, 6.07) is 12.5. The van der Waals surface area contributed by atoms with Crippen LogP contribution in [-0.2, 0) is 9.59 Å². The van der Waals surface area contributed by atoms with Gasteiger partial charge < -0.3 is 5.32 Å². The summed E-state index contributed by atoms with van der Waals surface area (Å²) in [6.07, 6.45) is 1.75. The maximum atomic E-state index is 12.6. The minimum atomic E-state index is -0.417. The van der Waals surface area contributed by atoms with Crippen molar-refractivity contribution < 1.29 is 9.59 Å². The molecular weight excluding hydrogens is 491 g/mol. The van der Waals surface area contributed by atoms with Crippen LogP contribution in [0.4, 0.5) is 5.69 Å². The Balaban J connectivity index is 1.72. The van der Waals surface area contributed by atoms with Gasteiger partial charge >= 0.3 is 0 Å². The van der Waals surface area contributed by atoms with Crippen LogP contribution in [0.1, 0.15) is 5.56 Å². The first-order valence-electron chi connectivity index (χ1n) is 7.60. The minimum absolute atomic E-state index is 0.205. The van der Waals surface area contributed by atoms with E-state index >= 15 is 0 Å². The van der Waals surface area contributed by atoms with E-state index in [1.807, 2.05) is 24.3 Å². The molecule has 2 aromatic rings. The van der Waals surface area contributed by atoms with Crippen LogP contribution in [0.15, 0.2) is 51.8 Å². The lowest BCUT2D eigenvalue weighted by Gasteiger charge is -2.15. The van der Waals surface area contributed by atoms with Gasteiger partial charge in [0.05, 0.1) is 20.6 Å². The monoisotopic (exact) mass is 500 g/mol. The van der Waals surface area contributed by atoms with Gasteiger partial charge in [0.2, 0.25) is 5.91 Å². The van der Waals surface area contributed by atoms with Crippen molar-refractivity contribution in [3.63, 3.8) is 0 Å². The van der Waals surface area contributed by atoms with Crippen LogP contribution in [-0.4, -0.2) is 27.6 Å². The number of thiocarbonyl (C=S) groups is 1. The first kappa shape index (κ1) is 20.4. The maximum Gasteiger partial charge on any atom is 0.266 e. The first-order chi connectivity index (χ1) is 12.8. The number of carbonyl (C=O) groups is 2. The molecule has 0 unspecified atom stereocenters. The molecule has 0 radical (unpaired) electrons. The van der Waals surface area contributed by atoms with Crippen LogP contribution in [0.5, 0.6) is 0 Å². The average molecular weight is 502 g/mol. The van der Waals surface area contributed by atoms with Gasteiger partial charge in [0, 0.05) is 4.47 Å². The number of hydrogen-bond acceptors (Lipinski definition) is 4. The molecule has 4 nitrogen and oxygen atoms in total. The largest absolute Gasteiger partial charge is 0.323 e. The van der Waals surface area contributed by atoms with Crippen LogP contribution in [0, 0.1) is 0 Å². The fourth-order valence-corrected chi connectivity index (χ4v) is 4.34. The van der Waals surface area contributed by atoms with E-state index in [1.165, 1.54) is 4.90 Å². The maximum absolute atomic E-state index is 12.6. The van der Waals surface area contributed by atoms with Crippen molar-refractivity contribution >= 4 is 91.0 Å². The Morgan fingerprint density at radius 3 is 2.74 bits per heavy atom. The number of hydrogen-bond donors (Lipinski definition) is 1. The second-order valence-corrected chi connectivity index (χ2v) is 8.85. The molecule has 138 valence electrons. The molecule has 0 atom stereocenters. The number of anilines is 1. The fourth-order valence-electron chi connectivity index (χ4n) is 2.32. The Labute approximate surface area is 184 Å². The van der Waals surface area contributed by atoms with E-state index in [4.69, 9.17) is 35.4 Å². The Hall–Kier alpha value is -1.38. The molecule has 2 amide bonds. The van der Waals surface area contributed by atoms with Crippen LogP contribution >= 0.6 is 63.1 Å². The molecule has 0 saturated carbocycles. The highest BCUT2D eigenvalue weighted by molar-refractivity contribution is 9.10. The molecule has 2 aromatic carbocycles. The van der Waals surface area contributed by atoms with Gasteiger partial charge in [-0.25, -0.2) is 0 Å². The summed E-state index contributed by atoms with van der Waals surface area (Å²) in [5.41, 5.74) is 1.24. The topological polar surface area (TPSA) is 49.4 Å². The first-order valence-corrected chi connectivity index (χ1v) is 10.4. The number of nitrogens with zero attached hydrogens (tertiary/aromatic N) is 1. The van der Waals surface area contributed by atoms with Gasteiger partial charge in [-0.05, 0) is 35.9 Å². The molecule has 0 bridgehead atoms. The third-order valence-corrected chi connectivity index (χ3v) is 6.24. The van der Waals surface area contributed by atoms with Gasteiger partial charge in [-0.15, -0.1) is 0 Å².